The van der Waals surface area contributed by atoms with Crippen LogP contribution in [0.25, 0.3) is 10.8 Å². The summed E-state index contributed by atoms with van der Waals surface area (Å²) < 4.78 is 36.1. The molecular weight excluding hydrogens is 693 g/mol. The minimum Gasteiger partial charge on any atom is -0.554 e. The van der Waals surface area contributed by atoms with Crippen LogP contribution < -0.4 is 20.2 Å². The fourth-order valence-corrected chi connectivity index (χ4v) is 8.96. The van der Waals surface area contributed by atoms with Crippen molar-refractivity contribution < 1.29 is 53.2 Å². The van der Waals surface area contributed by atoms with E-state index in [1.807, 2.05) is 32.9 Å². The van der Waals surface area contributed by atoms with Gasteiger partial charge in [0.2, 0.25) is 5.78 Å². The summed E-state index contributed by atoms with van der Waals surface area (Å²) in [5.41, 5.74) is 1.37. The molecule has 0 radical (unpaired) electrons. The number of carbonyl (C=O) groups excluding carboxylic acids is 2. The molecule has 12 nitrogen and oxygen atoms in total. The Labute approximate surface area is 314 Å². The molecule has 1 aliphatic carbocycles. The first-order chi connectivity index (χ1) is 25.9. The molecule has 13 heteroatoms. The topological polar surface area (TPSA) is 162 Å². The fourth-order valence-electron chi connectivity index (χ4n) is 8.96. The molecular formula is C41H46BNO11. The molecule has 3 aliphatic heterocycles. The van der Waals surface area contributed by atoms with Crippen LogP contribution in [0.1, 0.15) is 70.4 Å². The minimum absolute atomic E-state index is 0.0102. The van der Waals surface area contributed by atoms with Crippen LogP contribution in [0.15, 0.2) is 54.7 Å². The summed E-state index contributed by atoms with van der Waals surface area (Å²) in [6.07, 6.45) is 5.75. The number of esters is 1. The number of benzene rings is 3. The van der Waals surface area contributed by atoms with Crippen LogP contribution in [-0.4, -0.2) is 92.1 Å². The molecule has 1 saturated heterocycles. The Morgan fingerprint density at radius 1 is 1.17 bits per heavy atom. The lowest BCUT2D eigenvalue weighted by Crippen LogP contribution is -2.68. The number of nitrogens with one attached hydrogen (secondary N) is 1. The molecule has 7 atom stereocenters. The summed E-state index contributed by atoms with van der Waals surface area (Å²) in [7, 11) is 4.28. The highest BCUT2D eigenvalue weighted by molar-refractivity contribution is 6.74. The number of rotatable bonds is 10. The lowest BCUT2D eigenvalue weighted by molar-refractivity contribution is -0.134. The van der Waals surface area contributed by atoms with Crippen molar-refractivity contribution >= 4 is 40.6 Å². The van der Waals surface area contributed by atoms with Crippen LogP contribution in [0.4, 0.5) is 5.69 Å². The Kier molecular flexibility index (Phi) is 9.80. The van der Waals surface area contributed by atoms with Gasteiger partial charge < -0.3 is 49.0 Å². The number of aliphatic hydroxyl groups is 1. The van der Waals surface area contributed by atoms with E-state index < -0.39 is 48.2 Å². The third kappa shape index (κ3) is 5.51. The molecule has 0 aromatic heterocycles. The second-order valence-corrected chi connectivity index (χ2v) is 14.6. The maximum Gasteiger partial charge on any atom is 0.403 e. The van der Waals surface area contributed by atoms with Crippen LogP contribution in [0.5, 0.6) is 23.0 Å². The van der Waals surface area contributed by atoms with E-state index in [2.05, 4.69) is 11.9 Å². The van der Waals surface area contributed by atoms with Gasteiger partial charge in [0, 0.05) is 43.6 Å². The van der Waals surface area contributed by atoms with E-state index >= 15 is 0 Å². The summed E-state index contributed by atoms with van der Waals surface area (Å²) in [6.45, 7) is 10.4. The molecule has 0 saturated carbocycles. The number of anilines is 1. The molecule has 4 N–H and O–H groups in total. The van der Waals surface area contributed by atoms with E-state index in [0.717, 1.165) is 5.57 Å². The van der Waals surface area contributed by atoms with Crippen molar-refractivity contribution in [1.29, 1.82) is 0 Å². The zero-order chi connectivity index (χ0) is 38.8. The zero-order valence-corrected chi connectivity index (χ0v) is 31.5. The van der Waals surface area contributed by atoms with Gasteiger partial charge in [-0.2, -0.15) is 0 Å². The predicted molar refractivity (Wildman–Crippen MR) is 203 cm³/mol. The molecule has 1 fully saturated rings. The monoisotopic (exact) mass is 739 g/mol. The molecule has 0 spiro atoms. The van der Waals surface area contributed by atoms with Crippen molar-refractivity contribution in [3.05, 3.63) is 82.5 Å². The number of hydrogen-bond acceptors (Lipinski definition) is 12. The fraction of sp³-hybridized carbons (Fsp3) is 0.415. The number of aryl methyl sites for hydroxylation is 1. The average Bonchev–Trinajstić information content (AvgIpc) is 3.54. The van der Waals surface area contributed by atoms with Gasteiger partial charge in [0.15, 0.2) is 5.60 Å². The molecule has 54 heavy (non-hydrogen) atoms. The number of Topliss-reactive ketones (excluding diaryl/α,β-unsaturated/α-hetero) is 1. The van der Waals surface area contributed by atoms with Crippen molar-refractivity contribution in [3.63, 3.8) is 0 Å². The Morgan fingerprint density at radius 3 is 2.59 bits per heavy atom. The maximum atomic E-state index is 14.9. The van der Waals surface area contributed by atoms with Crippen LogP contribution in [-0.2, 0) is 25.4 Å². The first kappa shape index (κ1) is 37.5. The highest BCUT2D eigenvalue weighted by Gasteiger charge is 2.68. The first-order valence-electron chi connectivity index (χ1n) is 18.1. The Morgan fingerprint density at radius 2 is 1.93 bits per heavy atom. The highest BCUT2D eigenvalue weighted by atomic mass is 16.6. The van der Waals surface area contributed by atoms with Crippen LogP contribution in [0, 0.1) is 12.8 Å². The molecule has 3 aromatic rings. The van der Waals surface area contributed by atoms with E-state index in [4.69, 9.17) is 28.3 Å². The van der Waals surface area contributed by atoms with Crippen molar-refractivity contribution in [2.45, 2.75) is 76.5 Å². The summed E-state index contributed by atoms with van der Waals surface area (Å²) in [5.74, 6) is -2.46. The molecule has 4 unspecified atom stereocenters. The second-order valence-electron chi connectivity index (χ2n) is 14.6. The number of methoxy groups -OCH3 is 3. The van der Waals surface area contributed by atoms with Gasteiger partial charge >= 0.3 is 12.9 Å². The van der Waals surface area contributed by atoms with E-state index in [-0.39, 0.29) is 81.5 Å². The minimum atomic E-state index is -1.87. The highest BCUT2D eigenvalue weighted by Crippen LogP contribution is 2.57. The lowest BCUT2D eigenvalue weighted by atomic mass is 9.38. The van der Waals surface area contributed by atoms with Gasteiger partial charge in [-0.25, -0.2) is 4.79 Å². The van der Waals surface area contributed by atoms with Gasteiger partial charge in [-0.3, -0.25) is 4.79 Å². The van der Waals surface area contributed by atoms with Gasteiger partial charge in [-0.05, 0) is 49.4 Å². The number of phenolic OH excluding ortho intramolecular Hbond substituents is 2. The lowest BCUT2D eigenvalue weighted by Gasteiger charge is -2.47. The first-order valence-corrected chi connectivity index (χ1v) is 18.1. The molecule has 284 valence electrons. The smallest absolute Gasteiger partial charge is 0.403 e. The van der Waals surface area contributed by atoms with E-state index in [1.54, 1.807) is 44.4 Å². The van der Waals surface area contributed by atoms with Crippen molar-refractivity contribution in [2.75, 3.05) is 33.3 Å². The SMILES string of the molecule is C=C/C=C(\C=C/C)COc1cc(NC2O[C@@H](C)C(OC)C[C@H]2C)c(O)c2cc3c(c(O)c12)C(=O)[C@]1(OC)C(O)Cc2cc(C)c(C(=O)OC)c4c2C1B3O4. The number of ether oxygens (including phenoxy) is 5. The number of carbonyl (C=O) groups is 2. The van der Waals surface area contributed by atoms with Gasteiger partial charge in [-0.1, -0.05) is 49.9 Å². The maximum absolute atomic E-state index is 14.9. The number of aromatic hydroxyl groups is 2. The van der Waals surface area contributed by atoms with Gasteiger partial charge in [0.25, 0.3) is 0 Å². The number of aliphatic hydroxyl groups excluding tert-OH is 1. The predicted octanol–water partition coefficient (Wildman–Crippen LogP) is 5.02. The Bertz CT molecular complexity index is 2130. The molecule has 0 amide bonds. The standard InChI is InChI=1S/C41H46BNO11/c1-9-11-22(12-10-2)18-52-28-17-26(43-39-20(4)14-27(49-6)21(5)53-39)34(45)24-16-25-33(35(46)32(24)28)38(47)41(51-8)29(44)15-23-13-19(3)30(40(48)50-7)36-31(23)37(41)42(25)54-36/h9-13,16-17,20-21,27,29,37,39,43-46H,1,14-15,18H2,2-8H3/b12-10-,22-11+/t20-,21+,27?,29?,37?,39?,41+/m1/s1. The largest absolute Gasteiger partial charge is 0.554 e. The van der Waals surface area contributed by atoms with E-state index in [1.165, 1.54) is 14.2 Å². The number of hydrogen-bond donors (Lipinski definition) is 4. The van der Waals surface area contributed by atoms with Gasteiger partial charge in [0.1, 0.15) is 41.4 Å². The summed E-state index contributed by atoms with van der Waals surface area (Å²) >= 11 is 0. The third-order valence-corrected chi connectivity index (χ3v) is 11.5. The summed E-state index contributed by atoms with van der Waals surface area (Å²) in [5, 5.41) is 39.7. The summed E-state index contributed by atoms with van der Waals surface area (Å²) in [6, 6.07) is 4.99. The normalized spacial score (nSPS) is 27.1. The van der Waals surface area contributed by atoms with Crippen molar-refractivity contribution in [3.8, 4) is 23.0 Å². The van der Waals surface area contributed by atoms with Crippen LogP contribution in [0.2, 0.25) is 0 Å². The van der Waals surface area contributed by atoms with Gasteiger partial charge in [-0.15, -0.1) is 0 Å². The van der Waals surface area contributed by atoms with Crippen LogP contribution in [0.3, 0.4) is 0 Å². The summed E-state index contributed by atoms with van der Waals surface area (Å²) in [4.78, 5) is 28.1. The molecule has 4 aliphatic rings. The van der Waals surface area contributed by atoms with E-state index in [9.17, 15) is 24.9 Å². The number of fused-ring (bicyclic) bond motifs is 3. The zero-order valence-electron chi connectivity index (χ0n) is 31.5. The van der Waals surface area contributed by atoms with E-state index in [0.29, 0.717) is 23.1 Å². The number of phenols is 2. The quantitative estimate of drug-likeness (QED) is 0.0953. The van der Waals surface area contributed by atoms with Crippen molar-refractivity contribution in [1.82, 2.24) is 0 Å². The third-order valence-electron chi connectivity index (χ3n) is 11.5. The molecule has 3 aromatic carbocycles. The van der Waals surface area contributed by atoms with Gasteiger partial charge in [0.05, 0.1) is 47.9 Å². The van der Waals surface area contributed by atoms with Crippen molar-refractivity contribution in [2.24, 2.45) is 5.92 Å². The average molecular weight is 740 g/mol. The Hall–Kier alpha value is -4.82. The number of allylic oxidation sites excluding steroid dienone is 3. The Balaban J connectivity index is 1.45. The van der Waals surface area contributed by atoms with Crippen LogP contribution >= 0.6 is 0 Å². The second kappa shape index (κ2) is 14.1. The molecule has 7 rings (SSSR count). The number of ketones is 1. The molecule has 0 bridgehead atoms. The molecule has 3 heterocycles.